The first kappa shape index (κ1) is 15.9. The quantitative estimate of drug-likeness (QED) is 0.339. The van der Waals surface area contributed by atoms with Gasteiger partial charge in [-0.3, -0.25) is 0 Å². The second-order valence-electron chi connectivity index (χ2n) is 5.78. The van der Waals surface area contributed by atoms with Gasteiger partial charge in [0.15, 0.2) is 0 Å². The number of halogens is 1. The SMILES string of the molecule is O=C(O)/C=C/c1ccc2c(c1)c1cc(I)ccc1n2-c1ccccc1. The minimum Gasteiger partial charge on any atom is -0.478 e. The molecular formula is C21H14INO2. The number of benzene rings is 3. The van der Waals surface area contributed by atoms with Crippen LogP contribution in [-0.4, -0.2) is 15.6 Å². The third kappa shape index (κ3) is 2.93. The van der Waals surface area contributed by atoms with Gasteiger partial charge in [0.25, 0.3) is 0 Å². The highest BCUT2D eigenvalue weighted by Gasteiger charge is 2.12. The van der Waals surface area contributed by atoms with Gasteiger partial charge < -0.3 is 9.67 Å². The lowest BCUT2D eigenvalue weighted by Gasteiger charge is -2.07. The third-order valence-electron chi connectivity index (χ3n) is 4.18. The summed E-state index contributed by atoms with van der Waals surface area (Å²) >= 11 is 2.32. The Bertz CT molecular complexity index is 1130. The van der Waals surface area contributed by atoms with Crippen molar-refractivity contribution in [3.8, 4) is 5.69 Å². The normalized spacial score (nSPS) is 11.6. The van der Waals surface area contributed by atoms with Gasteiger partial charge in [0, 0.05) is 26.1 Å². The molecule has 0 aliphatic carbocycles. The first-order valence-electron chi connectivity index (χ1n) is 7.83. The van der Waals surface area contributed by atoms with Crippen LogP contribution >= 0.6 is 22.6 Å². The number of carbonyl (C=O) groups is 1. The van der Waals surface area contributed by atoms with Crippen LogP contribution in [0.1, 0.15) is 5.56 Å². The Morgan fingerprint density at radius 1 is 0.920 bits per heavy atom. The van der Waals surface area contributed by atoms with Gasteiger partial charge in [0.1, 0.15) is 0 Å². The Morgan fingerprint density at radius 3 is 2.32 bits per heavy atom. The number of rotatable bonds is 3. The molecular weight excluding hydrogens is 425 g/mol. The van der Waals surface area contributed by atoms with E-state index >= 15 is 0 Å². The number of fused-ring (bicyclic) bond motifs is 3. The first-order valence-corrected chi connectivity index (χ1v) is 8.91. The van der Waals surface area contributed by atoms with Gasteiger partial charge in [-0.1, -0.05) is 24.3 Å². The fourth-order valence-corrected chi connectivity index (χ4v) is 3.63. The Labute approximate surface area is 158 Å². The van der Waals surface area contributed by atoms with Gasteiger partial charge in [-0.25, -0.2) is 4.79 Å². The monoisotopic (exact) mass is 439 g/mol. The molecule has 122 valence electrons. The maximum atomic E-state index is 10.8. The van der Waals surface area contributed by atoms with Crippen LogP contribution in [0.25, 0.3) is 33.6 Å². The number of aromatic nitrogens is 1. The Morgan fingerprint density at radius 2 is 1.60 bits per heavy atom. The van der Waals surface area contributed by atoms with E-state index in [9.17, 15) is 4.79 Å². The predicted molar refractivity (Wildman–Crippen MR) is 110 cm³/mol. The summed E-state index contributed by atoms with van der Waals surface area (Å²) in [5.41, 5.74) is 4.23. The molecule has 0 saturated heterocycles. The van der Waals surface area contributed by atoms with Crippen LogP contribution in [0.4, 0.5) is 0 Å². The average Bonchev–Trinajstić information content (AvgIpc) is 2.94. The molecule has 0 radical (unpaired) electrons. The lowest BCUT2D eigenvalue weighted by atomic mass is 10.1. The molecule has 0 spiro atoms. The summed E-state index contributed by atoms with van der Waals surface area (Å²) in [4.78, 5) is 10.8. The molecule has 1 heterocycles. The largest absolute Gasteiger partial charge is 0.478 e. The van der Waals surface area contributed by atoms with Gasteiger partial charge in [0.05, 0.1) is 11.0 Å². The summed E-state index contributed by atoms with van der Waals surface area (Å²) in [7, 11) is 0. The standard InChI is InChI=1S/C21H14INO2/c22-15-8-10-20-18(13-15)17-12-14(7-11-21(24)25)6-9-19(17)23(20)16-4-2-1-3-5-16/h1-13H,(H,24,25)/b11-7+. The summed E-state index contributed by atoms with van der Waals surface area (Å²) in [5, 5.41) is 11.1. The number of para-hydroxylation sites is 1. The Balaban J connectivity index is 2.06. The van der Waals surface area contributed by atoms with Crippen molar-refractivity contribution in [1.82, 2.24) is 4.57 Å². The molecule has 4 heteroatoms. The van der Waals surface area contributed by atoms with Gasteiger partial charge in [-0.15, -0.1) is 0 Å². The molecule has 0 saturated carbocycles. The van der Waals surface area contributed by atoms with Crippen LogP contribution in [0.2, 0.25) is 0 Å². The van der Waals surface area contributed by atoms with E-state index in [1.165, 1.54) is 9.65 Å². The third-order valence-corrected chi connectivity index (χ3v) is 4.85. The van der Waals surface area contributed by atoms with Crippen molar-refractivity contribution in [2.45, 2.75) is 0 Å². The zero-order chi connectivity index (χ0) is 17.4. The molecule has 1 N–H and O–H groups in total. The van der Waals surface area contributed by atoms with Crippen LogP contribution in [-0.2, 0) is 4.79 Å². The van der Waals surface area contributed by atoms with E-state index in [1.54, 1.807) is 6.08 Å². The lowest BCUT2D eigenvalue weighted by molar-refractivity contribution is -0.131. The van der Waals surface area contributed by atoms with Gasteiger partial charge in [-0.2, -0.15) is 0 Å². The molecule has 0 bridgehead atoms. The van der Waals surface area contributed by atoms with Crippen molar-refractivity contribution in [3.63, 3.8) is 0 Å². The molecule has 0 aliphatic rings. The number of hydrogen-bond acceptors (Lipinski definition) is 1. The molecule has 0 fully saturated rings. The van der Waals surface area contributed by atoms with Crippen molar-refractivity contribution in [2.24, 2.45) is 0 Å². The molecule has 0 aliphatic heterocycles. The molecule has 1 aromatic heterocycles. The number of aliphatic carboxylic acids is 1. The molecule has 0 amide bonds. The van der Waals surface area contributed by atoms with E-state index in [4.69, 9.17) is 5.11 Å². The van der Waals surface area contributed by atoms with E-state index in [-0.39, 0.29) is 0 Å². The number of hydrogen-bond donors (Lipinski definition) is 1. The Kier molecular flexibility index (Phi) is 4.05. The number of carboxylic acids is 1. The van der Waals surface area contributed by atoms with Crippen molar-refractivity contribution in [2.75, 3.05) is 0 Å². The minimum absolute atomic E-state index is 0.876. The van der Waals surface area contributed by atoms with Crippen LogP contribution in [0, 0.1) is 3.57 Å². The molecule has 3 aromatic carbocycles. The van der Waals surface area contributed by atoms with E-state index in [2.05, 4.69) is 63.6 Å². The fourth-order valence-electron chi connectivity index (χ4n) is 3.14. The van der Waals surface area contributed by atoms with Gasteiger partial charge in [-0.05, 0) is 76.7 Å². The maximum Gasteiger partial charge on any atom is 0.328 e. The van der Waals surface area contributed by atoms with Crippen molar-refractivity contribution < 1.29 is 9.90 Å². The van der Waals surface area contributed by atoms with E-state index < -0.39 is 5.97 Å². The van der Waals surface area contributed by atoms with Crippen LogP contribution < -0.4 is 0 Å². The summed E-state index contributed by atoms with van der Waals surface area (Å²) in [6.45, 7) is 0. The Hall–Kier alpha value is -2.60. The van der Waals surface area contributed by atoms with E-state index in [0.29, 0.717) is 0 Å². The molecule has 4 aromatic rings. The van der Waals surface area contributed by atoms with Crippen LogP contribution in [0.5, 0.6) is 0 Å². The fraction of sp³-hybridized carbons (Fsp3) is 0. The summed E-state index contributed by atoms with van der Waals surface area (Å²) in [6.07, 6.45) is 2.79. The second kappa shape index (κ2) is 6.37. The van der Waals surface area contributed by atoms with E-state index in [1.807, 2.05) is 30.3 Å². The average molecular weight is 439 g/mol. The maximum absolute atomic E-state index is 10.8. The van der Waals surface area contributed by atoms with Crippen LogP contribution in [0.15, 0.2) is 72.8 Å². The highest BCUT2D eigenvalue weighted by molar-refractivity contribution is 14.1. The smallest absolute Gasteiger partial charge is 0.328 e. The molecule has 0 unspecified atom stereocenters. The number of carboxylic acid groups (broad SMARTS) is 1. The van der Waals surface area contributed by atoms with Crippen molar-refractivity contribution in [1.29, 1.82) is 0 Å². The van der Waals surface area contributed by atoms with Gasteiger partial charge >= 0.3 is 5.97 Å². The zero-order valence-electron chi connectivity index (χ0n) is 13.2. The highest BCUT2D eigenvalue weighted by Crippen LogP contribution is 2.33. The summed E-state index contributed by atoms with van der Waals surface area (Å²) in [6, 6.07) is 22.7. The molecule has 0 atom stereocenters. The first-order chi connectivity index (χ1) is 12.1. The topological polar surface area (TPSA) is 42.2 Å². The molecule has 3 nitrogen and oxygen atoms in total. The van der Waals surface area contributed by atoms with Crippen LogP contribution in [0.3, 0.4) is 0 Å². The highest BCUT2D eigenvalue weighted by atomic mass is 127. The molecule has 4 rings (SSSR count). The van der Waals surface area contributed by atoms with Crippen molar-refractivity contribution in [3.05, 3.63) is 81.9 Å². The summed E-state index contributed by atoms with van der Waals surface area (Å²) in [5.74, 6) is -0.943. The minimum atomic E-state index is -0.943. The molecule has 25 heavy (non-hydrogen) atoms. The van der Waals surface area contributed by atoms with E-state index in [0.717, 1.165) is 33.1 Å². The summed E-state index contributed by atoms with van der Waals surface area (Å²) < 4.78 is 3.41. The second-order valence-corrected chi connectivity index (χ2v) is 7.03. The van der Waals surface area contributed by atoms with Gasteiger partial charge in [0.2, 0.25) is 0 Å². The predicted octanol–water partition coefficient (Wildman–Crippen LogP) is 5.49. The number of nitrogens with zero attached hydrogens (tertiary/aromatic N) is 1. The lowest BCUT2D eigenvalue weighted by Crippen LogP contribution is -1.93. The zero-order valence-corrected chi connectivity index (χ0v) is 15.3. The van der Waals surface area contributed by atoms with Crippen molar-refractivity contribution >= 4 is 56.4 Å².